The molecular weight excluding hydrogens is 347 g/mol. The molecule has 146 valence electrons. The highest BCUT2D eigenvalue weighted by atomic mass is 19.1. The normalized spacial score (nSPS) is 13.4. The minimum Gasteiger partial charge on any atom is -0.493 e. The van der Waals surface area contributed by atoms with Crippen LogP contribution in [-0.2, 0) is 5.41 Å². The molecule has 0 unspecified atom stereocenters. The lowest BCUT2D eigenvalue weighted by Gasteiger charge is -2.32. The predicted molar refractivity (Wildman–Crippen MR) is 105 cm³/mol. The van der Waals surface area contributed by atoms with Crippen LogP contribution in [-0.4, -0.2) is 26.0 Å². The summed E-state index contributed by atoms with van der Waals surface area (Å²) in [7, 11) is 0.500. The summed E-state index contributed by atoms with van der Waals surface area (Å²) >= 11 is 0. The van der Waals surface area contributed by atoms with Gasteiger partial charge in [0.2, 0.25) is 0 Å². The van der Waals surface area contributed by atoms with E-state index in [1.165, 1.54) is 0 Å². The number of fused-ring (bicyclic) bond motifs is 1. The van der Waals surface area contributed by atoms with Gasteiger partial charge in [0.05, 0.1) is 19.3 Å². The molecule has 0 saturated carbocycles. The van der Waals surface area contributed by atoms with Crippen molar-refractivity contribution in [3.8, 4) is 11.5 Å². The van der Waals surface area contributed by atoms with E-state index in [9.17, 15) is 14.0 Å². The Labute approximate surface area is 160 Å². The molecule has 1 aliphatic heterocycles. The summed E-state index contributed by atoms with van der Waals surface area (Å²) in [4.78, 5) is 23.0. The van der Waals surface area contributed by atoms with Crippen LogP contribution in [0.15, 0.2) is 42.5 Å². The highest BCUT2D eigenvalue weighted by Gasteiger charge is 2.29. The van der Waals surface area contributed by atoms with E-state index in [1.807, 2.05) is 26.0 Å². The summed E-state index contributed by atoms with van der Waals surface area (Å²) in [5, 5.41) is 0. The first-order valence-electron chi connectivity index (χ1n) is 8.92. The van der Waals surface area contributed by atoms with E-state index >= 15 is 0 Å². The van der Waals surface area contributed by atoms with Gasteiger partial charge in [-0.2, -0.15) is 0 Å². The smallest absolute Gasteiger partial charge is 0.343 e. The summed E-state index contributed by atoms with van der Waals surface area (Å²) in [6.07, 6.45) is 1.66. The summed E-state index contributed by atoms with van der Waals surface area (Å²) in [6, 6.07) is 11.8. The van der Waals surface area contributed by atoms with Crippen molar-refractivity contribution in [2.75, 3.05) is 13.8 Å². The van der Waals surface area contributed by atoms with Crippen molar-refractivity contribution >= 4 is 12.3 Å². The van der Waals surface area contributed by atoms with Gasteiger partial charge in [-0.15, -0.1) is 0 Å². The van der Waals surface area contributed by atoms with E-state index in [0.29, 0.717) is 30.7 Å². The number of esters is 1. The Morgan fingerprint density at radius 3 is 2.33 bits per heavy atom. The fourth-order valence-electron chi connectivity index (χ4n) is 2.64. The number of rotatable bonds is 3. The van der Waals surface area contributed by atoms with E-state index in [1.54, 1.807) is 30.3 Å². The van der Waals surface area contributed by atoms with Gasteiger partial charge in [0, 0.05) is 11.1 Å². The maximum atomic E-state index is 12.3. The summed E-state index contributed by atoms with van der Waals surface area (Å²) < 4.78 is 20.5. The van der Waals surface area contributed by atoms with Crippen LogP contribution in [0.5, 0.6) is 11.5 Å². The van der Waals surface area contributed by atoms with Crippen LogP contribution < -0.4 is 9.47 Å². The van der Waals surface area contributed by atoms with Gasteiger partial charge in [-0.3, -0.25) is 9.18 Å². The molecular formula is C22H27FO4. The standard InChI is InChI=1S/C19H18O4.C2H6.CH3F/c1-19(2)9-10-22-17-8-5-14(11-16(17)19)18(21)23-15-6-3-13(12-20)4-7-15;2*1-2/h3-8,11-12H,9-10H2,1-2H3;1-2H3;1H3. The van der Waals surface area contributed by atoms with Crippen molar-refractivity contribution in [3.63, 3.8) is 0 Å². The third kappa shape index (κ3) is 5.64. The Morgan fingerprint density at radius 1 is 1.11 bits per heavy atom. The second kappa shape index (κ2) is 10.5. The minimum absolute atomic E-state index is 0.0323. The molecule has 0 radical (unpaired) electrons. The molecule has 0 atom stereocenters. The van der Waals surface area contributed by atoms with Crippen molar-refractivity contribution in [1.29, 1.82) is 0 Å². The summed E-state index contributed by atoms with van der Waals surface area (Å²) in [6.45, 7) is 8.97. The molecule has 0 spiro atoms. The first kappa shape index (κ1) is 22.4. The first-order valence-corrected chi connectivity index (χ1v) is 8.92. The second-order valence-corrected chi connectivity index (χ2v) is 6.27. The lowest BCUT2D eigenvalue weighted by atomic mass is 9.79. The topological polar surface area (TPSA) is 52.6 Å². The van der Waals surface area contributed by atoms with Crippen molar-refractivity contribution < 1.29 is 23.5 Å². The van der Waals surface area contributed by atoms with Gasteiger partial charge in [-0.25, -0.2) is 4.79 Å². The van der Waals surface area contributed by atoms with Crippen molar-refractivity contribution in [2.24, 2.45) is 0 Å². The molecule has 0 saturated heterocycles. The molecule has 3 rings (SSSR count). The zero-order valence-corrected chi connectivity index (χ0v) is 16.5. The van der Waals surface area contributed by atoms with Crippen LogP contribution >= 0.6 is 0 Å². The molecule has 2 aromatic carbocycles. The van der Waals surface area contributed by atoms with E-state index in [0.717, 1.165) is 24.0 Å². The summed E-state index contributed by atoms with van der Waals surface area (Å²) in [5.41, 5.74) is 2.02. The van der Waals surface area contributed by atoms with Crippen molar-refractivity contribution in [1.82, 2.24) is 0 Å². The van der Waals surface area contributed by atoms with Gasteiger partial charge >= 0.3 is 5.97 Å². The molecule has 0 bridgehead atoms. The largest absolute Gasteiger partial charge is 0.493 e. The lowest BCUT2D eigenvalue weighted by molar-refractivity contribution is 0.0734. The summed E-state index contributed by atoms with van der Waals surface area (Å²) in [5.74, 6) is 0.815. The van der Waals surface area contributed by atoms with Gasteiger partial charge in [0.15, 0.2) is 0 Å². The number of halogens is 1. The van der Waals surface area contributed by atoms with E-state index in [-0.39, 0.29) is 5.41 Å². The highest BCUT2D eigenvalue weighted by Crippen LogP contribution is 2.38. The number of carbonyl (C=O) groups is 2. The minimum atomic E-state index is -0.423. The Hall–Kier alpha value is -2.69. The van der Waals surface area contributed by atoms with Gasteiger partial charge in [-0.1, -0.05) is 27.7 Å². The number of aldehydes is 1. The molecule has 5 heteroatoms. The maximum absolute atomic E-state index is 12.3. The SMILES string of the molecule is CC.CC1(C)CCOc2ccc(C(=O)Oc3ccc(C=O)cc3)cc21.CF. The van der Waals surface area contributed by atoms with Gasteiger partial charge in [0.25, 0.3) is 0 Å². The fraction of sp³-hybridized carbons (Fsp3) is 0.364. The molecule has 27 heavy (non-hydrogen) atoms. The van der Waals surface area contributed by atoms with Crippen molar-refractivity contribution in [3.05, 3.63) is 59.2 Å². The molecule has 1 aliphatic rings. The number of ether oxygens (including phenoxy) is 2. The number of hydrogen-bond acceptors (Lipinski definition) is 4. The zero-order chi connectivity index (χ0) is 20.4. The average Bonchev–Trinajstić information content (AvgIpc) is 2.71. The van der Waals surface area contributed by atoms with Crippen LogP contribution in [0.2, 0.25) is 0 Å². The maximum Gasteiger partial charge on any atom is 0.343 e. The molecule has 0 aliphatic carbocycles. The van der Waals surface area contributed by atoms with Gasteiger partial charge < -0.3 is 9.47 Å². The Balaban J connectivity index is 0.000000855. The Morgan fingerprint density at radius 2 is 1.74 bits per heavy atom. The molecule has 0 amide bonds. The lowest BCUT2D eigenvalue weighted by Crippen LogP contribution is -2.27. The first-order chi connectivity index (χ1) is 13.0. The predicted octanol–water partition coefficient (Wildman–Crippen LogP) is 5.39. The van der Waals surface area contributed by atoms with Gasteiger partial charge in [-0.05, 0) is 54.3 Å². The third-order valence-electron chi connectivity index (χ3n) is 4.16. The average molecular weight is 374 g/mol. The Bertz CT molecular complexity index is 751. The Kier molecular flexibility index (Phi) is 8.66. The third-order valence-corrected chi connectivity index (χ3v) is 4.16. The van der Waals surface area contributed by atoms with Crippen LogP contribution in [0, 0.1) is 0 Å². The van der Waals surface area contributed by atoms with Crippen LogP contribution in [0.4, 0.5) is 4.39 Å². The van der Waals surface area contributed by atoms with E-state index in [2.05, 4.69) is 13.8 Å². The van der Waals surface area contributed by atoms with E-state index < -0.39 is 5.97 Å². The number of carbonyl (C=O) groups excluding carboxylic acids is 2. The van der Waals surface area contributed by atoms with Gasteiger partial charge in [0.1, 0.15) is 17.8 Å². The van der Waals surface area contributed by atoms with Crippen LogP contribution in [0.25, 0.3) is 0 Å². The molecule has 0 aromatic heterocycles. The van der Waals surface area contributed by atoms with Crippen LogP contribution in [0.1, 0.15) is 60.4 Å². The number of hydrogen-bond donors (Lipinski definition) is 0. The number of alkyl halides is 1. The van der Waals surface area contributed by atoms with E-state index in [4.69, 9.17) is 9.47 Å². The molecule has 1 heterocycles. The monoisotopic (exact) mass is 374 g/mol. The van der Waals surface area contributed by atoms with Crippen LogP contribution in [0.3, 0.4) is 0 Å². The second-order valence-electron chi connectivity index (χ2n) is 6.27. The molecule has 4 nitrogen and oxygen atoms in total. The number of benzene rings is 2. The quantitative estimate of drug-likeness (QED) is 0.411. The fourth-order valence-corrected chi connectivity index (χ4v) is 2.64. The van der Waals surface area contributed by atoms with Crippen molar-refractivity contribution in [2.45, 2.75) is 39.5 Å². The highest BCUT2D eigenvalue weighted by molar-refractivity contribution is 5.91. The zero-order valence-electron chi connectivity index (χ0n) is 16.5. The molecule has 0 fully saturated rings. The molecule has 2 aromatic rings. The molecule has 0 N–H and O–H groups in total.